The molecule has 4 nitrogen and oxygen atoms in total. The molecular weight excluding hydrogens is 230 g/mol. The first-order valence-corrected chi connectivity index (χ1v) is 5.60. The van der Waals surface area contributed by atoms with Gasteiger partial charge in [-0.15, -0.1) is 0 Å². The summed E-state index contributed by atoms with van der Waals surface area (Å²) in [6, 6.07) is 5.60. The molecule has 0 unspecified atom stereocenters. The van der Waals surface area contributed by atoms with Gasteiger partial charge >= 0.3 is 0 Å². The van der Waals surface area contributed by atoms with Gasteiger partial charge in [0.2, 0.25) is 0 Å². The Morgan fingerprint density at radius 1 is 1.39 bits per heavy atom. The van der Waals surface area contributed by atoms with Crippen LogP contribution in [0.3, 0.4) is 0 Å². The summed E-state index contributed by atoms with van der Waals surface area (Å²) >= 11 is 0. The third-order valence-electron chi connectivity index (χ3n) is 2.97. The summed E-state index contributed by atoms with van der Waals surface area (Å²) in [6.07, 6.45) is 1.53. The van der Waals surface area contributed by atoms with Crippen molar-refractivity contribution in [2.24, 2.45) is 0 Å². The van der Waals surface area contributed by atoms with Gasteiger partial charge in [-0.3, -0.25) is 4.79 Å². The zero-order valence-corrected chi connectivity index (χ0v) is 10.5. The van der Waals surface area contributed by atoms with Gasteiger partial charge in [0.1, 0.15) is 17.3 Å². The number of hydrogen-bond donors (Lipinski definition) is 0. The third kappa shape index (κ3) is 1.84. The fourth-order valence-electron chi connectivity index (χ4n) is 2.22. The van der Waals surface area contributed by atoms with Crippen molar-refractivity contribution in [2.45, 2.75) is 26.7 Å². The van der Waals surface area contributed by atoms with E-state index in [0.717, 1.165) is 0 Å². The highest BCUT2D eigenvalue weighted by Gasteiger charge is 2.34. The minimum atomic E-state index is -0.462. The molecule has 2 heterocycles. The Kier molecular flexibility index (Phi) is 3.07. The van der Waals surface area contributed by atoms with Gasteiger partial charge in [-0.05, 0) is 32.9 Å². The third-order valence-corrected chi connectivity index (χ3v) is 2.97. The fraction of sp³-hybridized carbons (Fsp3) is 0.286. The number of hydrogen-bond acceptors (Lipinski definition) is 4. The lowest BCUT2D eigenvalue weighted by molar-refractivity contribution is -0.114. The SMILES string of the molecule is CC(=O)C1=C(C)OC(C)=C(C#N)[C@H]1c1ccco1. The second kappa shape index (κ2) is 4.53. The summed E-state index contributed by atoms with van der Waals surface area (Å²) in [5.41, 5.74) is 0.896. The fourth-order valence-corrected chi connectivity index (χ4v) is 2.22. The first kappa shape index (κ1) is 12.2. The maximum Gasteiger partial charge on any atom is 0.160 e. The average molecular weight is 243 g/mol. The van der Waals surface area contributed by atoms with Crippen molar-refractivity contribution >= 4 is 5.78 Å². The van der Waals surface area contributed by atoms with E-state index < -0.39 is 5.92 Å². The number of carbonyl (C=O) groups excluding carboxylic acids is 1. The van der Waals surface area contributed by atoms with E-state index in [4.69, 9.17) is 9.15 Å². The zero-order chi connectivity index (χ0) is 13.3. The van der Waals surface area contributed by atoms with Gasteiger partial charge < -0.3 is 9.15 Å². The minimum absolute atomic E-state index is 0.117. The Labute approximate surface area is 105 Å². The minimum Gasteiger partial charge on any atom is -0.468 e. The Morgan fingerprint density at radius 3 is 2.61 bits per heavy atom. The topological polar surface area (TPSA) is 63.2 Å². The van der Waals surface area contributed by atoms with Crippen molar-refractivity contribution in [3.63, 3.8) is 0 Å². The van der Waals surface area contributed by atoms with Gasteiger partial charge in [0.25, 0.3) is 0 Å². The molecule has 18 heavy (non-hydrogen) atoms. The summed E-state index contributed by atoms with van der Waals surface area (Å²) in [7, 11) is 0. The van der Waals surface area contributed by atoms with Crippen LogP contribution in [0.15, 0.2) is 45.5 Å². The molecule has 1 aromatic heterocycles. The van der Waals surface area contributed by atoms with Gasteiger partial charge in [-0.1, -0.05) is 0 Å². The zero-order valence-electron chi connectivity index (χ0n) is 10.5. The van der Waals surface area contributed by atoms with Crippen LogP contribution in [0, 0.1) is 11.3 Å². The first-order chi connectivity index (χ1) is 8.56. The van der Waals surface area contributed by atoms with Crippen LogP contribution >= 0.6 is 0 Å². The van der Waals surface area contributed by atoms with E-state index in [1.165, 1.54) is 13.2 Å². The molecule has 92 valence electrons. The van der Waals surface area contributed by atoms with Gasteiger partial charge in [-0.2, -0.15) is 5.26 Å². The molecule has 1 aromatic rings. The van der Waals surface area contributed by atoms with Crippen LogP contribution in [0.1, 0.15) is 32.4 Å². The molecule has 0 amide bonds. The molecule has 1 atom stereocenters. The number of ketones is 1. The van der Waals surface area contributed by atoms with Gasteiger partial charge in [-0.25, -0.2) is 0 Å². The number of furan rings is 1. The predicted octanol–water partition coefficient (Wildman–Crippen LogP) is 3.05. The quantitative estimate of drug-likeness (QED) is 0.800. The van der Waals surface area contributed by atoms with E-state index in [1.807, 2.05) is 0 Å². The average Bonchev–Trinajstić information content (AvgIpc) is 2.80. The summed E-state index contributed by atoms with van der Waals surface area (Å²) in [6.45, 7) is 4.91. The number of allylic oxidation sites excluding steroid dienone is 4. The molecule has 0 aliphatic carbocycles. The Hall–Kier alpha value is -2.28. The lowest BCUT2D eigenvalue weighted by Gasteiger charge is -2.25. The number of carbonyl (C=O) groups is 1. The standard InChI is InChI=1S/C14H13NO3/c1-8(16)13-10(3)18-9(2)11(7-15)14(13)12-5-4-6-17-12/h4-6,14H,1-3H3/t14-/m0/s1. The van der Waals surface area contributed by atoms with E-state index in [9.17, 15) is 10.1 Å². The maximum absolute atomic E-state index is 11.8. The summed E-state index contributed by atoms with van der Waals surface area (Å²) < 4.78 is 10.8. The molecule has 0 radical (unpaired) electrons. The van der Waals surface area contributed by atoms with Crippen LogP contribution < -0.4 is 0 Å². The smallest absolute Gasteiger partial charge is 0.160 e. The molecule has 1 aliphatic rings. The maximum atomic E-state index is 11.8. The van der Waals surface area contributed by atoms with Crippen LogP contribution in [-0.2, 0) is 9.53 Å². The van der Waals surface area contributed by atoms with Crippen molar-refractivity contribution in [3.8, 4) is 6.07 Å². The normalized spacial score (nSPS) is 19.6. The first-order valence-electron chi connectivity index (χ1n) is 5.60. The summed E-state index contributed by atoms with van der Waals surface area (Å²) in [4.78, 5) is 11.8. The van der Waals surface area contributed by atoms with Gasteiger partial charge in [0, 0.05) is 5.57 Å². The molecule has 0 bridgehead atoms. The molecular formula is C14H13NO3. The molecule has 0 saturated carbocycles. The largest absolute Gasteiger partial charge is 0.468 e. The van der Waals surface area contributed by atoms with Crippen molar-refractivity contribution in [2.75, 3.05) is 0 Å². The molecule has 4 heteroatoms. The second-order valence-electron chi connectivity index (χ2n) is 4.16. The summed E-state index contributed by atoms with van der Waals surface area (Å²) in [5.74, 6) is 1.05. The molecule has 0 saturated heterocycles. The van der Waals surface area contributed by atoms with Gasteiger partial charge in [0.05, 0.1) is 23.8 Å². The Bertz CT molecular complexity index is 585. The van der Waals surface area contributed by atoms with E-state index in [0.29, 0.717) is 28.4 Å². The van der Waals surface area contributed by atoms with Crippen LogP contribution in [0.5, 0.6) is 0 Å². The van der Waals surface area contributed by atoms with Gasteiger partial charge in [0.15, 0.2) is 5.78 Å². The highest BCUT2D eigenvalue weighted by molar-refractivity contribution is 5.96. The van der Waals surface area contributed by atoms with Crippen molar-refractivity contribution in [1.29, 1.82) is 5.26 Å². The van der Waals surface area contributed by atoms with E-state index in [2.05, 4.69) is 6.07 Å². The molecule has 0 N–H and O–H groups in total. The Balaban J connectivity index is 2.63. The lowest BCUT2D eigenvalue weighted by atomic mass is 9.84. The number of ether oxygens (including phenoxy) is 1. The second-order valence-corrected chi connectivity index (χ2v) is 4.16. The van der Waals surface area contributed by atoms with Crippen molar-refractivity contribution in [1.82, 2.24) is 0 Å². The molecule has 2 rings (SSSR count). The van der Waals surface area contributed by atoms with Crippen LogP contribution in [0.25, 0.3) is 0 Å². The van der Waals surface area contributed by atoms with E-state index in [-0.39, 0.29) is 5.78 Å². The van der Waals surface area contributed by atoms with Crippen molar-refractivity contribution in [3.05, 3.63) is 46.8 Å². The highest BCUT2D eigenvalue weighted by Crippen LogP contribution is 2.40. The van der Waals surface area contributed by atoms with Crippen molar-refractivity contribution < 1.29 is 13.9 Å². The highest BCUT2D eigenvalue weighted by atomic mass is 16.5. The van der Waals surface area contributed by atoms with Crippen LogP contribution in [-0.4, -0.2) is 5.78 Å². The predicted molar refractivity (Wildman–Crippen MR) is 64.2 cm³/mol. The van der Waals surface area contributed by atoms with Crippen LogP contribution in [0.4, 0.5) is 0 Å². The molecule has 0 spiro atoms. The van der Waals surface area contributed by atoms with E-state index in [1.54, 1.807) is 26.0 Å². The lowest BCUT2D eigenvalue weighted by Crippen LogP contribution is -2.19. The number of Topliss-reactive ketones (excluding diaryl/α,β-unsaturated/α-hetero) is 1. The molecule has 0 aromatic carbocycles. The molecule has 0 fully saturated rings. The number of nitriles is 1. The monoisotopic (exact) mass is 243 g/mol. The summed E-state index contributed by atoms with van der Waals surface area (Å²) in [5, 5.41) is 9.25. The van der Waals surface area contributed by atoms with Crippen LogP contribution in [0.2, 0.25) is 0 Å². The van der Waals surface area contributed by atoms with E-state index >= 15 is 0 Å². The number of nitrogens with zero attached hydrogens (tertiary/aromatic N) is 1. The molecule has 1 aliphatic heterocycles. The Morgan fingerprint density at radius 2 is 2.11 bits per heavy atom. The number of rotatable bonds is 2.